The van der Waals surface area contributed by atoms with Gasteiger partial charge in [0.05, 0.1) is 27.2 Å². The Balaban J connectivity index is 1.22. The molecule has 0 aliphatic carbocycles. The van der Waals surface area contributed by atoms with E-state index in [2.05, 4.69) is 168 Å². The highest BCUT2D eigenvalue weighted by Gasteiger charge is 2.46. The minimum absolute atomic E-state index is 0.233. The third kappa shape index (κ3) is 3.66. The lowest BCUT2D eigenvalue weighted by Gasteiger charge is -2.18. The highest BCUT2D eigenvalue weighted by molar-refractivity contribution is 8.00. The second-order valence-corrected chi connectivity index (χ2v) is 14.1. The fourth-order valence-electron chi connectivity index (χ4n) is 8.10. The smallest absolute Gasteiger partial charge is 0.235 e. The molecule has 0 N–H and O–H groups in total. The zero-order chi connectivity index (χ0) is 31.3. The number of fused-ring (bicyclic) bond motifs is 14. The van der Waals surface area contributed by atoms with Crippen molar-refractivity contribution in [1.82, 2.24) is 14.5 Å². The van der Waals surface area contributed by atoms with Gasteiger partial charge in [0.2, 0.25) is 5.95 Å². The van der Waals surface area contributed by atoms with Crippen molar-refractivity contribution in [2.75, 3.05) is 0 Å². The Kier molecular flexibility index (Phi) is 5.44. The highest BCUT2D eigenvalue weighted by Crippen LogP contribution is 2.66. The Morgan fingerprint density at radius 1 is 0.479 bits per heavy atom. The van der Waals surface area contributed by atoms with E-state index >= 15 is 0 Å². The molecule has 2 aromatic heterocycles. The van der Waals surface area contributed by atoms with Crippen molar-refractivity contribution in [1.29, 1.82) is 0 Å². The van der Waals surface area contributed by atoms with E-state index in [1.807, 2.05) is 0 Å². The van der Waals surface area contributed by atoms with Crippen LogP contribution in [0.15, 0.2) is 152 Å². The second kappa shape index (κ2) is 9.90. The van der Waals surface area contributed by atoms with Crippen LogP contribution >= 0.6 is 11.8 Å². The van der Waals surface area contributed by atoms with Gasteiger partial charge in [-0.1, -0.05) is 133 Å². The molecule has 2 bridgehead atoms. The molecule has 4 heteroatoms. The number of thioether (sulfide) groups is 1. The van der Waals surface area contributed by atoms with Crippen LogP contribution in [-0.4, -0.2) is 14.5 Å². The first kappa shape index (κ1) is 26.4. The Labute approximate surface area is 281 Å². The van der Waals surface area contributed by atoms with Crippen LogP contribution in [0.2, 0.25) is 0 Å². The van der Waals surface area contributed by atoms with E-state index < -0.39 is 0 Å². The maximum Gasteiger partial charge on any atom is 0.235 e. The molecule has 0 radical (unpaired) electrons. The summed E-state index contributed by atoms with van der Waals surface area (Å²) in [7, 11) is 0. The minimum atomic E-state index is 0.233. The highest BCUT2D eigenvalue weighted by atomic mass is 32.2. The summed E-state index contributed by atoms with van der Waals surface area (Å²) < 4.78 is 2.40. The third-order valence-corrected chi connectivity index (χ3v) is 11.8. The quantitative estimate of drug-likeness (QED) is 0.182. The van der Waals surface area contributed by atoms with Gasteiger partial charge in [-0.05, 0) is 56.6 Å². The van der Waals surface area contributed by atoms with Gasteiger partial charge in [-0.15, -0.1) is 11.8 Å². The lowest BCUT2D eigenvalue weighted by Crippen LogP contribution is -2.10. The maximum atomic E-state index is 5.51. The second-order valence-electron chi connectivity index (χ2n) is 12.9. The molecule has 9 aromatic rings. The van der Waals surface area contributed by atoms with Gasteiger partial charge >= 0.3 is 0 Å². The van der Waals surface area contributed by atoms with Crippen LogP contribution in [0.4, 0.5) is 0 Å². The molecular formula is C44H27N3S. The van der Waals surface area contributed by atoms with Crippen LogP contribution in [0.25, 0.3) is 71.7 Å². The molecule has 1 unspecified atom stereocenters. The van der Waals surface area contributed by atoms with Crippen LogP contribution in [0.3, 0.4) is 0 Å². The van der Waals surface area contributed by atoms with E-state index in [4.69, 9.17) is 9.97 Å². The van der Waals surface area contributed by atoms with Crippen LogP contribution in [0.1, 0.15) is 32.9 Å². The van der Waals surface area contributed by atoms with Gasteiger partial charge in [-0.2, -0.15) is 0 Å². The molecular weight excluding hydrogens is 603 g/mol. The predicted molar refractivity (Wildman–Crippen MR) is 200 cm³/mol. The number of rotatable bonds is 3. The zero-order valence-electron chi connectivity index (χ0n) is 25.8. The Morgan fingerprint density at radius 2 is 1.12 bits per heavy atom. The van der Waals surface area contributed by atoms with Crippen LogP contribution in [0, 0.1) is 0 Å². The fraction of sp³-hybridized carbons (Fsp3) is 0.0455. The summed E-state index contributed by atoms with van der Waals surface area (Å²) in [5.41, 5.74) is 12.2. The molecule has 2 atom stereocenters. The SMILES string of the molecule is c1ccc(-c2ccc(-c3nc(-n4c5c(c6cc7ccccc7cc64)[C@@H]4SC5c5ccccc54)nc4c3ccc3ccccc34)cc2)cc1. The van der Waals surface area contributed by atoms with Gasteiger partial charge in [0.25, 0.3) is 0 Å². The van der Waals surface area contributed by atoms with Crippen molar-refractivity contribution in [2.24, 2.45) is 0 Å². The largest absolute Gasteiger partial charge is 0.280 e. The van der Waals surface area contributed by atoms with E-state index in [0.29, 0.717) is 5.25 Å². The summed E-state index contributed by atoms with van der Waals surface area (Å²) in [5.74, 6) is 0.730. The average molecular weight is 630 g/mol. The van der Waals surface area contributed by atoms with Crippen molar-refractivity contribution in [2.45, 2.75) is 10.5 Å². The number of hydrogen-bond acceptors (Lipinski definition) is 3. The number of hydrogen-bond donors (Lipinski definition) is 0. The monoisotopic (exact) mass is 629 g/mol. The number of benzene rings is 7. The van der Waals surface area contributed by atoms with Gasteiger partial charge < -0.3 is 0 Å². The average Bonchev–Trinajstić information content (AvgIpc) is 3.82. The van der Waals surface area contributed by atoms with Gasteiger partial charge in [0.15, 0.2) is 0 Å². The molecule has 0 fully saturated rings. The lowest BCUT2D eigenvalue weighted by atomic mass is 9.88. The third-order valence-electron chi connectivity index (χ3n) is 10.3. The molecule has 4 heterocycles. The van der Waals surface area contributed by atoms with Crippen molar-refractivity contribution in [3.05, 3.63) is 174 Å². The van der Waals surface area contributed by atoms with Crippen molar-refractivity contribution in [3.63, 3.8) is 0 Å². The van der Waals surface area contributed by atoms with E-state index in [1.54, 1.807) is 0 Å². The van der Waals surface area contributed by atoms with Gasteiger partial charge in [-0.3, -0.25) is 4.57 Å². The molecule has 2 aliphatic rings. The molecule has 11 rings (SSSR count). The predicted octanol–water partition coefficient (Wildman–Crippen LogP) is 11.5. The summed E-state index contributed by atoms with van der Waals surface area (Å²) in [4.78, 5) is 11.0. The molecule has 3 nitrogen and oxygen atoms in total. The maximum absolute atomic E-state index is 5.51. The van der Waals surface area contributed by atoms with Gasteiger partial charge in [-0.25, -0.2) is 9.97 Å². The summed E-state index contributed by atoms with van der Waals surface area (Å²) in [6.45, 7) is 0. The molecule has 0 amide bonds. The standard InChI is InChI=1S/C44H27N3S/c1-2-10-26(11-3-1)27-18-20-29(21-19-27)39-35-23-22-28-12-6-7-15-32(28)40(35)46-44(45-39)47-37-25-31-14-5-4-13-30(31)24-36(37)38-41(47)43-34-17-9-8-16-33(34)42(38)48-43/h1-25,42-43H/t42-,43?/m1/s1. The van der Waals surface area contributed by atoms with Crippen LogP contribution in [-0.2, 0) is 0 Å². The van der Waals surface area contributed by atoms with Crippen molar-refractivity contribution < 1.29 is 0 Å². The van der Waals surface area contributed by atoms with Crippen molar-refractivity contribution >= 4 is 55.1 Å². The van der Waals surface area contributed by atoms with Gasteiger partial charge in [0.1, 0.15) is 0 Å². The minimum Gasteiger partial charge on any atom is -0.280 e. The lowest BCUT2D eigenvalue weighted by molar-refractivity contribution is 0.885. The Hall–Kier alpha value is -5.71. The van der Waals surface area contributed by atoms with E-state index in [9.17, 15) is 0 Å². The number of aromatic nitrogens is 3. The molecule has 224 valence electrons. The molecule has 7 aromatic carbocycles. The van der Waals surface area contributed by atoms with Crippen molar-refractivity contribution in [3.8, 4) is 28.3 Å². The summed E-state index contributed by atoms with van der Waals surface area (Å²) in [6.07, 6.45) is 0. The summed E-state index contributed by atoms with van der Waals surface area (Å²) >= 11 is 2.05. The van der Waals surface area contributed by atoms with E-state index in [0.717, 1.165) is 33.5 Å². The normalized spacial score (nSPS) is 16.2. The summed E-state index contributed by atoms with van der Waals surface area (Å²) in [6, 6.07) is 54.8. The van der Waals surface area contributed by atoms with E-state index in [-0.39, 0.29) is 5.25 Å². The fourth-order valence-corrected chi connectivity index (χ4v) is 9.84. The topological polar surface area (TPSA) is 30.7 Å². The first-order chi connectivity index (χ1) is 23.8. The first-order valence-electron chi connectivity index (χ1n) is 16.5. The zero-order valence-corrected chi connectivity index (χ0v) is 26.7. The number of nitrogens with zero attached hydrogens (tertiary/aromatic N) is 3. The molecule has 0 saturated heterocycles. The first-order valence-corrected chi connectivity index (χ1v) is 17.4. The van der Waals surface area contributed by atoms with Crippen LogP contribution < -0.4 is 0 Å². The molecule has 0 saturated carbocycles. The Morgan fingerprint density at radius 3 is 1.94 bits per heavy atom. The van der Waals surface area contributed by atoms with E-state index in [1.165, 1.54) is 60.6 Å². The van der Waals surface area contributed by atoms with Gasteiger partial charge in [0, 0.05) is 33.0 Å². The Bertz CT molecular complexity index is 2760. The molecule has 2 aliphatic heterocycles. The summed E-state index contributed by atoms with van der Waals surface area (Å²) in [5, 5.41) is 7.70. The van der Waals surface area contributed by atoms with Crippen LogP contribution in [0.5, 0.6) is 0 Å². The molecule has 0 spiro atoms. The molecule has 48 heavy (non-hydrogen) atoms.